The van der Waals surface area contributed by atoms with E-state index in [1.807, 2.05) is 0 Å². The molecule has 4 bridgehead atoms. The fourth-order valence-corrected chi connectivity index (χ4v) is 13.7. The van der Waals surface area contributed by atoms with Gasteiger partial charge in [0.1, 0.15) is 0 Å². The molecule has 0 amide bonds. The smallest absolute Gasteiger partial charge is 0.0270 e. The minimum atomic E-state index is 0. The molecule has 0 N–H and O–H groups in total. The number of fused-ring (bicyclic) bond motifs is 6. The van der Waals surface area contributed by atoms with Crippen molar-refractivity contribution < 1.29 is 48.1 Å². The average molecular weight is 875 g/mol. The van der Waals surface area contributed by atoms with Gasteiger partial charge in [-0.15, -0.1) is 69.1 Å². The van der Waals surface area contributed by atoms with E-state index in [9.17, 15) is 0 Å². The first-order chi connectivity index (χ1) is 26.2. The summed E-state index contributed by atoms with van der Waals surface area (Å²) < 4.78 is 0. The van der Waals surface area contributed by atoms with E-state index in [0.29, 0.717) is 10.8 Å². The van der Waals surface area contributed by atoms with Crippen molar-refractivity contribution in [1.82, 2.24) is 0 Å². The Hall–Kier alpha value is -2.22. The zero-order valence-corrected chi connectivity index (χ0v) is 39.2. The summed E-state index contributed by atoms with van der Waals surface area (Å²) in [5.74, 6) is 2.08. The zero-order chi connectivity index (χ0) is 37.3. The first-order valence-electron chi connectivity index (χ1n) is 21.2. The molecule has 0 aliphatic heterocycles. The summed E-state index contributed by atoms with van der Waals surface area (Å²) in [7, 11) is 0. The second kappa shape index (κ2) is 18.8. The second-order valence-corrected chi connectivity index (χ2v) is 26.6. The van der Waals surface area contributed by atoms with Crippen LogP contribution in [0.4, 0.5) is 0 Å². The predicted octanol–water partition coefficient (Wildman–Crippen LogP) is 8.89. The summed E-state index contributed by atoms with van der Waals surface area (Å²) in [6, 6.07) is 42.8. The normalized spacial score (nSPS) is 22.9. The van der Waals surface area contributed by atoms with E-state index in [1.54, 1.807) is 34.5 Å². The van der Waals surface area contributed by atoms with Crippen molar-refractivity contribution in [2.45, 2.75) is 117 Å². The van der Waals surface area contributed by atoms with E-state index in [0.717, 1.165) is 11.8 Å². The molecule has 4 heteroatoms. The number of benzene rings is 4. The molecule has 4 aliphatic rings. The van der Waals surface area contributed by atoms with Gasteiger partial charge in [-0.2, -0.15) is 12.1 Å². The van der Waals surface area contributed by atoms with Gasteiger partial charge in [0.05, 0.1) is 0 Å². The first-order valence-corrected chi connectivity index (χ1v) is 27.1. The maximum Gasteiger partial charge on any atom is -0.0270 e. The molecular formula is C52H60Cl2SiZr-2. The summed E-state index contributed by atoms with van der Waals surface area (Å²) in [6.45, 7) is 8.96. The van der Waals surface area contributed by atoms with E-state index in [2.05, 4.69) is 137 Å². The standard InChI is InChI=1S/2C24H25.C4H10Si.2ClH.Zr/c2*1-17-5-7-20(8-6-17)22-4-2-3-21-13-19(14-23(21)22)16-24-11-9-18(15-24)10-12-24;1-3-4-5-2;;;/h2*2-8,13-14,18H,9-12,15-16H2,1H3;3-4H2,1-2H3;2*1H;/q2*-1;;;;+2/p-2. The van der Waals surface area contributed by atoms with Gasteiger partial charge in [-0.1, -0.05) is 82.9 Å². The van der Waals surface area contributed by atoms with Crippen LogP contribution >= 0.6 is 0 Å². The van der Waals surface area contributed by atoms with E-state index < -0.39 is 0 Å². The van der Waals surface area contributed by atoms with Gasteiger partial charge in [0, 0.05) is 0 Å². The maximum absolute atomic E-state index is 2.48. The summed E-state index contributed by atoms with van der Waals surface area (Å²) >= 11 is 1.79. The molecule has 0 saturated heterocycles. The van der Waals surface area contributed by atoms with Gasteiger partial charge < -0.3 is 24.8 Å². The number of rotatable bonds is 8. The fraction of sp³-hybridized carbons (Fsp3) is 0.423. The Morgan fingerprint density at radius 3 is 1.30 bits per heavy atom. The van der Waals surface area contributed by atoms with Crippen molar-refractivity contribution in [2.75, 3.05) is 0 Å². The van der Waals surface area contributed by atoms with Crippen LogP contribution in [0.2, 0.25) is 12.6 Å². The van der Waals surface area contributed by atoms with Gasteiger partial charge in [-0.25, -0.2) is 0 Å². The molecule has 0 radical (unpaired) electrons. The molecular weight excluding hydrogens is 815 g/mol. The maximum atomic E-state index is 2.48. The Morgan fingerprint density at radius 1 is 0.607 bits per heavy atom. The molecule has 4 saturated carbocycles. The van der Waals surface area contributed by atoms with Crippen molar-refractivity contribution in [1.29, 1.82) is 0 Å². The Bertz CT molecular complexity index is 2050. The van der Waals surface area contributed by atoms with Crippen molar-refractivity contribution in [3.8, 4) is 22.3 Å². The Kier molecular flexibility index (Phi) is 14.6. The van der Waals surface area contributed by atoms with Gasteiger partial charge in [0.25, 0.3) is 0 Å². The van der Waals surface area contributed by atoms with Crippen LogP contribution in [-0.4, -0.2) is 5.43 Å². The summed E-state index contributed by atoms with van der Waals surface area (Å²) in [4.78, 5) is 0. The fourth-order valence-electron chi connectivity index (χ4n) is 11.1. The third-order valence-electron chi connectivity index (χ3n) is 13.9. The van der Waals surface area contributed by atoms with Crippen LogP contribution in [0.3, 0.4) is 0 Å². The van der Waals surface area contributed by atoms with Gasteiger partial charge in [0.2, 0.25) is 0 Å². The SMILES string of the molecule is CCC[Si](C)=[Zr+2].Cc1ccc(-c2cccc3[cH-]c(CC45CCC(CC4)C5)cc23)cc1.Cc1ccc(-c2cccc3[cH-]c(CC45CCC(CC4)C5)cc23)cc1.[Cl-].[Cl-]. The Balaban J connectivity index is 0.000000161. The second-order valence-electron chi connectivity index (χ2n) is 18.3. The van der Waals surface area contributed by atoms with Gasteiger partial charge in [-0.05, 0) is 125 Å². The van der Waals surface area contributed by atoms with Crippen LogP contribution in [-0.2, 0) is 36.2 Å². The molecule has 292 valence electrons. The number of hydrogen-bond donors (Lipinski definition) is 0. The summed E-state index contributed by atoms with van der Waals surface area (Å²) in [6.07, 6.45) is 18.7. The number of hydrogen-bond acceptors (Lipinski definition) is 0. The third kappa shape index (κ3) is 9.79. The third-order valence-corrected chi connectivity index (χ3v) is 17.0. The summed E-state index contributed by atoms with van der Waals surface area (Å²) in [5, 5.41) is 5.68. The molecule has 4 fully saturated rings. The molecule has 0 nitrogen and oxygen atoms in total. The minimum Gasteiger partial charge on any atom is -1.00 e. The van der Waals surface area contributed by atoms with Crippen LogP contribution in [0.1, 0.15) is 99.8 Å². The van der Waals surface area contributed by atoms with Crippen LogP contribution in [0.25, 0.3) is 43.8 Å². The van der Waals surface area contributed by atoms with E-state index >= 15 is 0 Å². The topological polar surface area (TPSA) is 0 Å². The predicted molar refractivity (Wildman–Crippen MR) is 232 cm³/mol. The molecule has 56 heavy (non-hydrogen) atoms. The summed E-state index contributed by atoms with van der Waals surface area (Å²) in [5.41, 5.74) is 12.7. The van der Waals surface area contributed by atoms with E-state index in [1.165, 1.54) is 144 Å². The number of halogens is 2. The molecule has 10 rings (SSSR count). The first kappa shape index (κ1) is 43.4. The average Bonchev–Trinajstić information content (AvgIpc) is 4.03. The van der Waals surface area contributed by atoms with E-state index in [4.69, 9.17) is 0 Å². The van der Waals surface area contributed by atoms with E-state index in [-0.39, 0.29) is 30.2 Å². The molecule has 6 aromatic rings. The van der Waals surface area contributed by atoms with Crippen molar-refractivity contribution in [3.05, 3.63) is 131 Å². The molecule has 0 spiro atoms. The minimum absolute atomic E-state index is 0. The molecule has 0 heterocycles. The van der Waals surface area contributed by atoms with Crippen LogP contribution in [0.5, 0.6) is 0 Å². The molecule has 6 aromatic carbocycles. The number of aryl methyl sites for hydroxylation is 2. The van der Waals surface area contributed by atoms with Crippen molar-refractivity contribution in [3.63, 3.8) is 0 Å². The molecule has 0 atom stereocenters. The monoisotopic (exact) mass is 872 g/mol. The molecule has 4 aliphatic carbocycles. The molecule has 0 aromatic heterocycles. The largest absolute Gasteiger partial charge is 1.00 e. The van der Waals surface area contributed by atoms with Gasteiger partial charge in [-0.3, -0.25) is 0 Å². The van der Waals surface area contributed by atoms with Crippen LogP contribution in [0.15, 0.2) is 109 Å². The van der Waals surface area contributed by atoms with Gasteiger partial charge >= 0.3 is 54.7 Å². The quantitative estimate of drug-likeness (QED) is 0.106. The van der Waals surface area contributed by atoms with Crippen molar-refractivity contribution >= 4 is 27.0 Å². The zero-order valence-electron chi connectivity index (χ0n) is 34.2. The van der Waals surface area contributed by atoms with Gasteiger partial charge in [0.15, 0.2) is 0 Å². The molecule has 0 unspecified atom stereocenters. The van der Waals surface area contributed by atoms with Crippen LogP contribution < -0.4 is 24.8 Å². The van der Waals surface area contributed by atoms with Crippen LogP contribution in [0, 0.1) is 36.5 Å². The van der Waals surface area contributed by atoms with Crippen molar-refractivity contribution in [2.24, 2.45) is 22.7 Å². The Labute approximate surface area is 365 Å². The Morgan fingerprint density at radius 2 is 1.00 bits per heavy atom.